The third-order valence-corrected chi connectivity index (χ3v) is 4.99. The van der Waals surface area contributed by atoms with Crippen LogP contribution in [0.25, 0.3) is 0 Å². The average molecular weight is 293 g/mol. The molecule has 1 fully saturated rings. The topological polar surface area (TPSA) is 32.5 Å². The van der Waals surface area contributed by atoms with Crippen molar-refractivity contribution in [3.05, 3.63) is 30.1 Å². The van der Waals surface area contributed by atoms with Crippen molar-refractivity contribution < 1.29 is 4.39 Å². The second-order valence-electron chi connectivity index (χ2n) is 6.45. The highest BCUT2D eigenvalue weighted by Gasteiger charge is 2.35. The van der Waals surface area contributed by atoms with Gasteiger partial charge in [-0.3, -0.25) is 0 Å². The van der Waals surface area contributed by atoms with E-state index >= 15 is 0 Å². The SMILES string of the molecule is CC(C)N1CCCC(CN)(N(C)c2ccc(F)cc2)CC1. The smallest absolute Gasteiger partial charge is 0.123 e. The van der Waals surface area contributed by atoms with Crippen molar-refractivity contribution in [3.8, 4) is 0 Å². The molecule has 0 aliphatic carbocycles. The molecule has 0 spiro atoms. The van der Waals surface area contributed by atoms with Crippen LogP contribution in [0.2, 0.25) is 0 Å². The van der Waals surface area contributed by atoms with Gasteiger partial charge < -0.3 is 15.5 Å². The molecular weight excluding hydrogens is 265 g/mol. The van der Waals surface area contributed by atoms with E-state index < -0.39 is 0 Å². The van der Waals surface area contributed by atoms with Gasteiger partial charge in [-0.05, 0) is 63.9 Å². The Kier molecular flexibility index (Phi) is 5.22. The van der Waals surface area contributed by atoms with E-state index in [2.05, 4.69) is 30.7 Å². The number of hydrogen-bond donors (Lipinski definition) is 1. The molecule has 1 saturated heterocycles. The molecule has 2 rings (SSSR count). The molecule has 1 aromatic carbocycles. The Morgan fingerprint density at radius 1 is 1.24 bits per heavy atom. The summed E-state index contributed by atoms with van der Waals surface area (Å²) >= 11 is 0. The molecule has 0 aromatic heterocycles. The normalized spacial score (nSPS) is 24.1. The molecule has 0 radical (unpaired) electrons. The Morgan fingerprint density at radius 3 is 2.48 bits per heavy atom. The molecule has 118 valence electrons. The lowest BCUT2D eigenvalue weighted by molar-refractivity contribution is 0.224. The van der Waals surface area contributed by atoms with Crippen LogP contribution in [0.5, 0.6) is 0 Å². The fourth-order valence-electron chi connectivity index (χ4n) is 3.33. The van der Waals surface area contributed by atoms with Crippen molar-refractivity contribution in [2.75, 3.05) is 31.6 Å². The number of likely N-dealkylation sites (tertiary alicyclic amines) is 1. The number of nitrogens with zero attached hydrogens (tertiary/aromatic N) is 2. The Hall–Kier alpha value is -1.13. The molecule has 1 aliphatic rings. The molecule has 1 aromatic rings. The molecule has 1 aliphatic heterocycles. The molecule has 0 amide bonds. The van der Waals surface area contributed by atoms with Crippen LogP contribution in [-0.4, -0.2) is 43.2 Å². The summed E-state index contributed by atoms with van der Waals surface area (Å²) in [7, 11) is 2.09. The van der Waals surface area contributed by atoms with Crippen LogP contribution in [0.4, 0.5) is 10.1 Å². The standard InChI is InChI=1S/C17H28FN3/c1-14(2)21-11-4-9-17(13-19,10-12-21)20(3)16-7-5-15(18)6-8-16/h5-8,14H,4,9-13,19H2,1-3H3. The lowest BCUT2D eigenvalue weighted by Gasteiger charge is -2.42. The van der Waals surface area contributed by atoms with Gasteiger partial charge in [0.05, 0.1) is 5.54 Å². The zero-order chi connectivity index (χ0) is 15.5. The van der Waals surface area contributed by atoms with Crippen LogP contribution in [0.3, 0.4) is 0 Å². The van der Waals surface area contributed by atoms with Crippen molar-refractivity contribution in [2.45, 2.75) is 44.7 Å². The van der Waals surface area contributed by atoms with Gasteiger partial charge in [-0.1, -0.05) is 0 Å². The van der Waals surface area contributed by atoms with Gasteiger partial charge in [0.15, 0.2) is 0 Å². The Morgan fingerprint density at radius 2 is 1.90 bits per heavy atom. The number of halogens is 1. The fraction of sp³-hybridized carbons (Fsp3) is 0.647. The molecular formula is C17H28FN3. The third kappa shape index (κ3) is 3.55. The number of rotatable bonds is 4. The molecule has 21 heavy (non-hydrogen) atoms. The van der Waals surface area contributed by atoms with Crippen LogP contribution in [-0.2, 0) is 0 Å². The highest BCUT2D eigenvalue weighted by atomic mass is 19.1. The number of likely N-dealkylation sites (N-methyl/N-ethyl adjacent to an activating group) is 1. The summed E-state index contributed by atoms with van der Waals surface area (Å²) in [5.41, 5.74) is 7.18. The summed E-state index contributed by atoms with van der Waals surface area (Å²) in [6.45, 7) is 7.34. The highest BCUT2D eigenvalue weighted by molar-refractivity contribution is 5.48. The Labute approximate surface area is 127 Å². The minimum Gasteiger partial charge on any atom is -0.368 e. The molecule has 1 unspecified atom stereocenters. The van der Waals surface area contributed by atoms with Gasteiger partial charge in [-0.15, -0.1) is 0 Å². The van der Waals surface area contributed by atoms with Crippen LogP contribution in [0.15, 0.2) is 24.3 Å². The van der Waals surface area contributed by atoms with E-state index in [4.69, 9.17) is 5.73 Å². The molecule has 2 N–H and O–H groups in total. The Bertz CT molecular complexity index is 446. The first-order valence-corrected chi connectivity index (χ1v) is 7.92. The van der Waals surface area contributed by atoms with Crippen LogP contribution < -0.4 is 10.6 Å². The van der Waals surface area contributed by atoms with E-state index in [9.17, 15) is 4.39 Å². The van der Waals surface area contributed by atoms with Gasteiger partial charge in [0, 0.05) is 31.9 Å². The van der Waals surface area contributed by atoms with Crippen LogP contribution >= 0.6 is 0 Å². The molecule has 1 heterocycles. The van der Waals surface area contributed by atoms with E-state index in [1.54, 1.807) is 0 Å². The first-order chi connectivity index (χ1) is 9.98. The largest absolute Gasteiger partial charge is 0.368 e. The predicted octanol–water partition coefficient (Wildman–Crippen LogP) is 2.85. The van der Waals surface area contributed by atoms with Crippen molar-refractivity contribution >= 4 is 5.69 Å². The van der Waals surface area contributed by atoms with Crippen molar-refractivity contribution in [2.24, 2.45) is 5.73 Å². The third-order valence-electron chi connectivity index (χ3n) is 4.99. The van der Waals surface area contributed by atoms with Gasteiger partial charge in [0.25, 0.3) is 0 Å². The summed E-state index contributed by atoms with van der Waals surface area (Å²) in [5.74, 6) is -0.194. The van der Waals surface area contributed by atoms with E-state index in [1.807, 2.05) is 12.1 Å². The second-order valence-corrected chi connectivity index (χ2v) is 6.45. The summed E-state index contributed by atoms with van der Waals surface area (Å²) < 4.78 is 13.1. The highest BCUT2D eigenvalue weighted by Crippen LogP contribution is 2.32. The van der Waals surface area contributed by atoms with Gasteiger partial charge >= 0.3 is 0 Å². The number of anilines is 1. The molecule has 4 heteroatoms. The number of nitrogens with two attached hydrogens (primary N) is 1. The van der Waals surface area contributed by atoms with E-state index in [0.717, 1.165) is 38.0 Å². The maximum atomic E-state index is 13.1. The second kappa shape index (κ2) is 6.75. The summed E-state index contributed by atoms with van der Waals surface area (Å²) in [6.07, 6.45) is 3.29. The minimum atomic E-state index is -0.194. The van der Waals surface area contributed by atoms with Gasteiger partial charge in [0.1, 0.15) is 5.82 Å². The minimum absolute atomic E-state index is 0.0263. The van der Waals surface area contributed by atoms with E-state index in [-0.39, 0.29) is 11.4 Å². The molecule has 1 atom stereocenters. The first-order valence-electron chi connectivity index (χ1n) is 7.92. The maximum absolute atomic E-state index is 13.1. The summed E-state index contributed by atoms with van der Waals surface area (Å²) in [4.78, 5) is 4.78. The lowest BCUT2D eigenvalue weighted by Crippen LogP contribution is -2.53. The summed E-state index contributed by atoms with van der Waals surface area (Å²) in [5, 5.41) is 0. The number of benzene rings is 1. The summed E-state index contributed by atoms with van der Waals surface area (Å²) in [6, 6.07) is 7.31. The predicted molar refractivity (Wildman–Crippen MR) is 87.1 cm³/mol. The van der Waals surface area contributed by atoms with E-state index in [0.29, 0.717) is 12.6 Å². The van der Waals surface area contributed by atoms with Crippen LogP contribution in [0.1, 0.15) is 33.1 Å². The van der Waals surface area contributed by atoms with E-state index in [1.165, 1.54) is 12.1 Å². The lowest BCUT2D eigenvalue weighted by atomic mass is 9.88. The fourth-order valence-corrected chi connectivity index (χ4v) is 3.33. The quantitative estimate of drug-likeness (QED) is 0.926. The Balaban J connectivity index is 2.18. The van der Waals surface area contributed by atoms with Crippen LogP contribution in [0, 0.1) is 5.82 Å². The zero-order valence-corrected chi connectivity index (χ0v) is 13.5. The first kappa shape index (κ1) is 16.2. The van der Waals surface area contributed by atoms with Gasteiger partial charge in [0.2, 0.25) is 0 Å². The van der Waals surface area contributed by atoms with Gasteiger partial charge in [-0.25, -0.2) is 4.39 Å². The molecule has 0 saturated carbocycles. The van der Waals surface area contributed by atoms with Gasteiger partial charge in [-0.2, -0.15) is 0 Å². The average Bonchev–Trinajstić information content (AvgIpc) is 2.71. The zero-order valence-electron chi connectivity index (χ0n) is 13.5. The number of hydrogen-bond acceptors (Lipinski definition) is 3. The van der Waals surface area contributed by atoms with Crippen molar-refractivity contribution in [1.29, 1.82) is 0 Å². The maximum Gasteiger partial charge on any atom is 0.123 e. The van der Waals surface area contributed by atoms with Crippen molar-refractivity contribution in [3.63, 3.8) is 0 Å². The molecule has 3 nitrogen and oxygen atoms in total. The molecule has 0 bridgehead atoms. The van der Waals surface area contributed by atoms with Crippen molar-refractivity contribution in [1.82, 2.24) is 4.90 Å². The monoisotopic (exact) mass is 293 g/mol.